The molecule has 0 bridgehead atoms. The van der Waals surface area contributed by atoms with Gasteiger partial charge in [0, 0.05) is 0 Å². The summed E-state index contributed by atoms with van der Waals surface area (Å²) in [6, 6.07) is 8.36. The van der Waals surface area contributed by atoms with Crippen LogP contribution in [0.3, 0.4) is 0 Å². The molecule has 0 aliphatic carbocycles. The lowest BCUT2D eigenvalue weighted by Gasteiger charge is -2.11. The van der Waals surface area contributed by atoms with Crippen LogP contribution in [0.2, 0.25) is 0 Å². The summed E-state index contributed by atoms with van der Waals surface area (Å²) < 4.78 is 11.0. The first-order chi connectivity index (χ1) is 8.25. The van der Waals surface area contributed by atoms with Gasteiger partial charge in [-0.05, 0) is 30.4 Å². The molecule has 0 amide bonds. The number of rotatable bonds is 7. The topological polar surface area (TPSA) is 21.8 Å². The summed E-state index contributed by atoms with van der Waals surface area (Å²) >= 11 is 0. The molecule has 0 N–H and O–H groups in total. The second-order valence-corrected chi connectivity index (χ2v) is 5.16. The van der Waals surface area contributed by atoms with Crippen LogP contribution >= 0.6 is 0 Å². The monoisotopic (exact) mass is 234 g/mol. The third kappa shape index (κ3) is 4.39. The van der Waals surface area contributed by atoms with Crippen LogP contribution < -0.4 is 4.74 Å². The van der Waals surface area contributed by atoms with Gasteiger partial charge in [0.2, 0.25) is 0 Å². The van der Waals surface area contributed by atoms with Gasteiger partial charge in [-0.3, -0.25) is 0 Å². The maximum absolute atomic E-state index is 5.79. The summed E-state index contributed by atoms with van der Waals surface area (Å²) in [4.78, 5) is 0. The zero-order valence-corrected chi connectivity index (χ0v) is 10.8. The highest BCUT2D eigenvalue weighted by atomic mass is 16.6. The number of para-hydroxylation sites is 1. The molecule has 2 rings (SSSR count). The fraction of sp³-hybridized carbons (Fsp3) is 0.600. The Morgan fingerprint density at radius 3 is 2.82 bits per heavy atom. The SMILES string of the molecule is CC(C)CCCc1ccccc1OCC1CO1. The number of ether oxygens (including phenoxy) is 2. The van der Waals surface area contributed by atoms with E-state index in [1.807, 2.05) is 6.07 Å². The molecule has 1 heterocycles. The Kier molecular flexibility index (Phi) is 4.43. The molecule has 1 aliphatic rings. The van der Waals surface area contributed by atoms with E-state index in [4.69, 9.17) is 9.47 Å². The van der Waals surface area contributed by atoms with Crippen molar-refractivity contribution >= 4 is 0 Å². The van der Waals surface area contributed by atoms with Gasteiger partial charge in [0.25, 0.3) is 0 Å². The number of benzene rings is 1. The number of hydrogen-bond acceptors (Lipinski definition) is 2. The van der Waals surface area contributed by atoms with E-state index in [2.05, 4.69) is 32.0 Å². The van der Waals surface area contributed by atoms with Gasteiger partial charge in [0.15, 0.2) is 0 Å². The van der Waals surface area contributed by atoms with E-state index >= 15 is 0 Å². The Bertz CT molecular complexity index is 343. The number of epoxide rings is 1. The lowest BCUT2D eigenvalue weighted by atomic mass is 10.0. The van der Waals surface area contributed by atoms with Crippen LogP contribution in [0.25, 0.3) is 0 Å². The van der Waals surface area contributed by atoms with Crippen molar-refractivity contribution in [1.29, 1.82) is 0 Å². The minimum absolute atomic E-state index is 0.332. The Labute approximate surface area is 104 Å². The lowest BCUT2D eigenvalue weighted by molar-refractivity contribution is 0.261. The molecule has 0 radical (unpaired) electrons. The molecule has 0 saturated carbocycles. The average Bonchev–Trinajstić information content (AvgIpc) is 3.11. The molecule has 2 heteroatoms. The lowest BCUT2D eigenvalue weighted by Crippen LogP contribution is -2.06. The van der Waals surface area contributed by atoms with Crippen molar-refractivity contribution in [1.82, 2.24) is 0 Å². The summed E-state index contributed by atoms with van der Waals surface area (Å²) in [6.45, 7) is 6.09. The molecule has 2 nitrogen and oxygen atoms in total. The van der Waals surface area contributed by atoms with Gasteiger partial charge < -0.3 is 9.47 Å². The van der Waals surface area contributed by atoms with E-state index in [-0.39, 0.29) is 0 Å². The Hall–Kier alpha value is -1.02. The molecule has 1 aliphatic heterocycles. The van der Waals surface area contributed by atoms with Crippen molar-refractivity contribution < 1.29 is 9.47 Å². The molecule has 1 aromatic rings. The molecule has 1 unspecified atom stereocenters. The minimum Gasteiger partial charge on any atom is -0.491 e. The van der Waals surface area contributed by atoms with E-state index < -0.39 is 0 Å². The van der Waals surface area contributed by atoms with E-state index in [0.717, 1.165) is 24.7 Å². The van der Waals surface area contributed by atoms with Gasteiger partial charge in [-0.25, -0.2) is 0 Å². The Balaban J connectivity index is 1.85. The van der Waals surface area contributed by atoms with Gasteiger partial charge in [-0.15, -0.1) is 0 Å². The predicted octanol–water partition coefficient (Wildman–Crippen LogP) is 3.44. The zero-order chi connectivity index (χ0) is 12.1. The maximum Gasteiger partial charge on any atom is 0.122 e. The minimum atomic E-state index is 0.332. The Morgan fingerprint density at radius 1 is 1.35 bits per heavy atom. The highest BCUT2D eigenvalue weighted by Crippen LogP contribution is 2.22. The van der Waals surface area contributed by atoms with Crippen LogP contribution in [0.15, 0.2) is 24.3 Å². The number of aryl methyl sites for hydroxylation is 1. The molecule has 1 atom stereocenters. The molecule has 1 saturated heterocycles. The van der Waals surface area contributed by atoms with Gasteiger partial charge in [0.05, 0.1) is 6.61 Å². The third-order valence-corrected chi connectivity index (χ3v) is 3.03. The normalized spacial score (nSPS) is 18.4. The van der Waals surface area contributed by atoms with Crippen molar-refractivity contribution in [3.05, 3.63) is 29.8 Å². The summed E-state index contributed by atoms with van der Waals surface area (Å²) in [7, 11) is 0. The maximum atomic E-state index is 5.79. The molecule has 94 valence electrons. The first-order valence-corrected chi connectivity index (χ1v) is 6.58. The van der Waals surface area contributed by atoms with Crippen LogP contribution in [0.1, 0.15) is 32.3 Å². The quantitative estimate of drug-likeness (QED) is 0.674. The first-order valence-electron chi connectivity index (χ1n) is 6.58. The second-order valence-electron chi connectivity index (χ2n) is 5.16. The van der Waals surface area contributed by atoms with Crippen LogP contribution in [-0.4, -0.2) is 19.3 Å². The summed E-state index contributed by atoms with van der Waals surface area (Å²) in [5.74, 6) is 1.81. The van der Waals surface area contributed by atoms with Crippen LogP contribution in [0, 0.1) is 5.92 Å². The molecular weight excluding hydrogens is 212 g/mol. The molecule has 17 heavy (non-hydrogen) atoms. The predicted molar refractivity (Wildman–Crippen MR) is 69.5 cm³/mol. The smallest absolute Gasteiger partial charge is 0.122 e. The van der Waals surface area contributed by atoms with E-state index in [9.17, 15) is 0 Å². The van der Waals surface area contributed by atoms with Crippen LogP contribution in [0.4, 0.5) is 0 Å². The first kappa shape index (κ1) is 12.4. The van der Waals surface area contributed by atoms with Crippen molar-refractivity contribution in [3.8, 4) is 5.75 Å². The van der Waals surface area contributed by atoms with Gasteiger partial charge in [0.1, 0.15) is 18.5 Å². The van der Waals surface area contributed by atoms with E-state index in [1.54, 1.807) is 0 Å². The van der Waals surface area contributed by atoms with Gasteiger partial charge in [-0.1, -0.05) is 38.5 Å². The summed E-state index contributed by atoms with van der Waals surface area (Å²) in [6.07, 6.45) is 3.96. The van der Waals surface area contributed by atoms with Crippen molar-refractivity contribution in [3.63, 3.8) is 0 Å². The largest absolute Gasteiger partial charge is 0.491 e. The van der Waals surface area contributed by atoms with Crippen molar-refractivity contribution in [2.45, 2.75) is 39.2 Å². The highest BCUT2D eigenvalue weighted by Gasteiger charge is 2.23. The van der Waals surface area contributed by atoms with Crippen LogP contribution in [0.5, 0.6) is 5.75 Å². The van der Waals surface area contributed by atoms with E-state index in [1.165, 1.54) is 18.4 Å². The number of hydrogen-bond donors (Lipinski definition) is 0. The standard InChI is InChI=1S/C15H22O2/c1-12(2)6-5-8-13-7-3-4-9-15(13)17-11-14-10-16-14/h3-4,7,9,12,14H,5-6,8,10-11H2,1-2H3. The zero-order valence-electron chi connectivity index (χ0n) is 10.8. The van der Waals surface area contributed by atoms with Crippen molar-refractivity contribution in [2.24, 2.45) is 5.92 Å². The highest BCUT2D eigenvalue weighted by molar-refractivity contribution is 5.33. The average molecular weight is 234 g/mol. The third-order valence-electron chi connectivity index (χ3n) is 3.03. The molecule has 0 aromatic heterocycles. The molecule has 1 aromatic carbocycles. The summed E-state index contributed by atoms with van der Waals surface area (Å²) in [5.41, 5.74) is 1.33. The second kappa shape index (κ2) is 6.06. The molecule has 0 spiro atoms. The van der Waals surface area contributed by atoms with E-state index in [0.29, 0.717) is 12.7 Å². The Morgan fingerprint density at radius 2 is 2.12 bits per heavy atom. The summed E-state index contributed by atoms with van der Waals surface area (Å²) in [5, 5.41) is 0. The van der Waals surface area contributed by atoms with Crippen molar-refractivity contribution in [2.75, 3.05) is 13.2 Å². The van der Waals surface area contributed by atoms with Crippen LogP contribution in [-0.2, 0) is 11.2 Å². The molecule has 1 fully saturated rings. The van der Waals surface area contributed by atoms with Gasteiger partial charge >= 0.3 is 0 Å². The van der Waals surface area contributed by atoms with Gasteiger partial charge in [-0.2, -0.15) is 0 Å². The fourth-order valence-corrected chi connectivity index (χ4v) is 1.90. The molecular formula is C15H22O2. The fourth-order valence-electron chi connectivity index (χ4n) is 1.90.